The molecule has 2 atom stereocenters. The zero-order valence-electron chi connectivity index (χ0n) is 17.8. The first kappa shape index (κ1) is 21.9. The van der Waals surface area contributed by atoms with Crippen molar-refractivity contribution in [2.24, 2.45) is 0 Å². The molecule has 1 fully saturated rings. The molecule has 0 bridgehead atoms. The highest BCUT2D eigenvalue weighted by molar-refractivity contribution is 5.82. The maximum absolute atomic E-state index is 12.6. The van der Waals surface area contributed by atoms with Crippen LogP contribution in [-0.2, 0) is 14.3 Å². The van der Waals surface area contributed by atoms with Crippen LogP contribution in [0.2, 0.25) is 0 Å². The SMILES string of the molecule is COC(=O)[C@H]1C[C@@H](c2ccc(OC)c(OC(C)C)c2)CN1C(=O)OC(C)(C)C. The van der Waals surface area contributed by atoms with Crippen LogP contribution in [0.5, 0.6) is 11.5 Å². The van der Waals surface area contributed by atoms with Gasteiger partial charge in [0.25, 0.3) is 0 Å². The second-order valence-electron chi connectivity index (χ2n) is 8.18. The van der Waals surface area contributed by atoms with Crippen molar-refractivity contribution < 1.29 is 28.5 Å². The fourth-order valence-corrected chi connectivity index (χ4v) is 3.25. The van der Waals surface area contributed by atoms with E-state index in [1.165, 1.54) is 12.0 Å². The molecule has 1 saturated heterocycles. The molecule has 1 aliphatic heterocycles. The lowest BCUT2D eigenvalue weighted by Crippen LogP contribution is -2.43. The highest BCUT2D eigenvalue weighted by Crippen LogP contribution is 2.38. The molecule has 7 nitrogen and oxygen atoms in total. The molecule has 1 aliphatic rings. The van der Waals surface area contributed by atoms with Crippen LogP contribution in [0.4, 0.5) is 4.79 Å². The van der Waals surface area contributed by atoms with Gasteiger partial charge in [-0.1, -0.05) is 6.07 Å². The number of rotatable bonds is 5. The van der Waals surface area contributed by atoms with Crippen molar-refractivity contribution in [2.45, 2.75) is 64.7 Å². The van der Waals surface area contributed by atoms with Gasteiger partial charge in [0.15, 0.2) is 11.5 Å². The number of hydrogen-bond acceptors (Lipinski definition) is 6. The number of esters is 1. The molecule has 0 unspecified atom stereocenters. The van der Waals surface area contributed by atoms with Gasteiger partial charge in [-0.25, -0.2) is 9.59 Å². The van der Waals surface area contributed by atoms with Crippen molar-refractivity contribution in [3.8, 4) is 11.5 Å². The molecule has 156 valence electrons. The third-order valence-electron chi connectivity index (χ3n) is 4.42. The van der Waals surface area contributed by atoms with Crippen LogP contribution in [0.15, 0.2) is 18.2 Å². The van der Waals surface area contributed by atoms with E-state index >= 15 is 0 Å². The summed E-state index contributed by atoms with van der Waals surface area (Å²) in [5.74, 6) is 0.793. The minimum atomic E-state index is -0.679. The highest BCUT2D eigenvalue weighted by Gasteiger charge is 2.42. The molecule has 1 amide bonds. The number of ether oxygens (including phenoxy) is 4. The van der Waals surface area contributed by atoms with Gasteiger partial charge in [0.2, 0.25) is 0 Å². The number of benzene rings is 1. The van der Waals surface area contributed by atoms with Gasteiger partial charge in [-0.2, -0.15) is 0 Å². The number of methoxy groups -OCH3 is 2. The molecule has 28 heavy (non-hydrogen) atoms. The minimum absolute atomic E-state index is 0.00573. The standard InChI is InChI=1S/C21H31NO6/c1-13(2)27-18-11-14(8-9-17(18)25-6)15-10-16(19(23)26-7)22(12-15)20(24)28-21(3,4)5/h8-9,11,13,15-16H,10,12H2,1-7H3/t15-,16-/m1/s1. The van der Waals surface area contributed by atoms with Crippen LogP contribution in [0.3, 0.4) is 0 Å². The Labute approximate surface area is 166 Å². The first-order valence-electron chi connectivity index (χ1n) is 9.47. The third-order valence-corrected chi connectivity index (χ3v) is 4.42. The fraction of sp³-hybridized carbons (Fsp3) is 0.619. The molecule has 0 saturated carbocycles. The Bertz CT molecular complexity index is 709. The Morgan fingerprint density at radius 1 is 1.14 bits per heavy atom. The molecular formula is C21H31NO6. The zero-order chi connectivity index (χ0) is 21.1. The average molecular weight is 393 g/mol. The van der Waals surface area contributed by atoms with E-state index in [2.05, 4.69) is 0 Å². The Morgan fingerprint density at radius 3 is 2.36 bits per heavy atom. The number of carbonyl (C=O) groups excluding carboxylic acids is 2. The van der Waals surface area contributed by atoms with Gasteiger partial charge < -0.3 is 18.9 Å². The lowest BCUT2D eigenvalue weighted by Gasteiger charge is -2.27. The molecule has 0 radical (unpaired) electrons. The van der Waals surface area contributed by atoms with E-state index in [1.807, 2.05) is 32.0 Å². The molecule has 1 heterocycles. The van der Waals surface area contributed by atoms with E-state index in [0.29, 0.717) is 24.5 Å². The molecule has 0 aliphatic carbocycles. The number of nitrogens with zero attached hydrogens (tertiary/aromatic N) is 1. The molecule has 0 aromatic heterocycles. The summed E-state index contributed by atoms with van der Waals surface area (Å²) >= 11 is 0. The maximum Gasteiger partial charge on any atom is 0.411 e. The number of carbonyl (C=O) groups is 2. The summed E-state index contributed by atoms with van der Waals surface area (Å²) in [4.78, 5) is 26.4. The second kappa shape index (κ2) is 8.71. The van der Waals surface area contributed by atoms with Crippen molar-refractivity contribution in [1.82, 2.24) is 4.90 Å². The lowest BCUT2D eigenvalue weighted by molar-refractivity contribution is -0.145. The van der Waals surface area contributed by atoms with Crippen LogP contribution in [0, 0.1) is 0 Å². The molecule has 0 N–H and O–H groups in total. The van der Waals surface area contributed by atoms with Crippen molar-refractivity contribution in [3.05, 3.63) is 23.8 Å². The van der Waals surface area contributed by atoms with Gasteiger partial charge in [0, 0.05) is 12.5 Å². The first-order valence-corrected chi connectivity index (χ1v) is 9.47. The van der Waals surface area contributed by atoms with Crippen LogP contribution >= 0.6 is 0 Å². The van der Waals surface area contributed by atoms with E-state index in [0.717, 1.165) is 5.56 Å². The summed E-state index contributed by atoms with van der Waals surface area (Å²) in [6, 6.07) is 5.01. The number of amides is 1. The predicted molar refractivity (Wildman–Crippen MR) is 105 cm³/mol. The van der Waals surface area contributed by atoms with Crippen molar-refractivity contribution in [1.29, 1.82) is 0 Å². The summed E-state index contributed by atoms with van der Waals surface area (Å²) < 4.78 is 21.6. The monoisotopic (exact) mass is 393 g/mol. The van der Waals surface area contributed by atoms with Gasteiger partial charge >= 0.3 is 12.1 Å². The van der Waals surface area contributed by atoms with Gasteiger partial charge in [0.1, 0.15) is 11.6 Å². The van der Waals surface area contributed by atoms with Gasteiger partial charge in [-0.15, -0.1) is 0 Å². The molecule has 0 spiro atoms. The van der Waals surface area contributed by atoms with E-state index < -0.39 is 23.7 Å². The Morgan fingerprint density at radius 2 is 1.82 bits per heavy atom. The maximum atomic E-state index is 12.6. The zero-order valence-corrected chi connectivity index (χ0v) is 17.8. The number of likely N-dealkylation sites (tertiary alicyclic amines) is 1. The van der Waals surface area contributed by atoms with E-state index in [1.54, 1.807) is 27.9 Å². The molecular weight excluding hydrogens is 362 g/mol. The van der Waals surface area contributed by atoms with Crippen LogP contribution < -0.4 is 9.47 Å². The quantitative estimate of drug-likeness (QED) is 0.710. The van der Waals surface area contributed by atoms with Crippen LogP contribution in [-0.4, -0.2) is 55.5 Å². The lowest BCUT2D eigenvalue weighted by atomic mass is 9.96. The normalized spacial score (nSPS) is 19.5. The highest BCUT2D eigenvalue weighted by atomic mass is 16.6. The Hall–Kier alpha value is -2.44. The van der Waals surface area contributed by atoms with E-state index in [9.17, 15) is 9.59 Å². The summed E-state index contributed by atoms with van der Waals surface area (Å²) in [6.07, 6.45) is -0.0642. The van der Waals surface area contributed by atoms with Gasteiger partial charge in [-0.3, -0.25) is 4.90 Å². The van der Waals surface area contributed by atoms with E-state index in [4.69, 9.17) is 18.9 Å². The Kier molecular flexibility index (Phi) is 6.80. The summed E-state index contributed by atoms with van der Waals surface area (Å²) in [5, 5.41) is 0. The van der Waals surface area contributed by atoms with Crippen molar-refractivity contribution in [2.75, 3.05) is 20.8 Å². The topological polar surface area (TPSA) is 74.3 Å². The average Bonchev–Trinajstić information content (AvgIpc) is 3.04. The van der Waals surface area contributed by atoms with E-state index in [-0.39, 0.29) is 12.0 Å². The largest absolute Gasteiger partial charge is 0.493 e. The Balaban J connectivity index is 2.29. The summed E-state index contributed by atoms with van der Waals surface area (Å²) in [5.41, 5.74) is 0.324. The summed E-state index contributed by atoms with van der Waals surface area (Å²) in [7, 11) is 2.92. The molecule has 2 rings (SSSR count). The predicted octanol–water partition coefficient (Wildman–Crippen LogP) is 3.75. The van der Waals surface area contributed by atoms with Gasteiger partial charge in [0.05, 0.1) is 20.3 Å². The smallest absolute Gasteiger partial charge is 0.411 e. The number of hydrogen-bond donors (Lipinski definition) is 0. The minimum Gasteiger partial charge on any atom is -0.493 e. The fourth-order valence-electron chi connectivity index (χ4n) is 3.25. The molecule has 7 heteroatoms. The molecule has 1 aromatic carbocycles. The van der Waals surface area contributed by atoms with Crippen LogP contribution in [0.25, 0.3) is 0 Å². The first-order chi connectivity index (χ1) is 13.1. The molecule has 1 aromatic rings. The summed E-state index contributed by atoms with van der Waals surface area (Å²) in [6.45, 7) is 9.64. The second-order valence-corrected chi connectivity index (χ2v) is 8.18. The van der Waals surface area contributed by atoms with Crippen molar-refractivity contribution in [3.63, 3.8) is 0 Å². The van der Waals surface area contributed by atoms with Crippen LogP contribution in [0.1, 0.15) is 52.5 Å². The third kappa shape index (κ3) is 5.30. The van der Waals surface area contributed by atoms with Crippen molar-refractivity contribution >= 4 is 12.1 Å². The van der Waals surface area contributed by atoms with Gasteiger partial charge in [-0.05, 0) is 58.7 Å².